The molecule has 2 amide bonds. The summed E-state index contributed by atoms with van der Waals surface area (Å²) in [5, 5.41) is 0. The number of amides is 2. The van der Waals surface area contributed by atoms with Crippen LogP contribution in [0.25, 0.3) is 0 Å². The highest BCUT2D eigenvalue weighted by Gasteiger charge is 2.61. The number of carbonyl (C=O) groups excluding carboxylic acids is 2. The van der Waals surface area contributed by atoms with Gasteiger partial charge in [-0.15, -0.1) is 0 Å². The number of nitrogens with zero attached hydrogens (tertiary/aromatic N) is 2. The second-order valence-corrected chi connectivity index (χ2v) is 7.46. The van der Waals surface area contributed by atoms with Gasteiger partial charge in [-0.2, -0.15) is 0 Å². The zero-order valence-corrected chi connectivity index (χ0v) is 14.4. The van der Waals surface area contributed by atoms with Crippen molar-refractivity contribution in [3.05, 3.63) is 95.2 Å². The van der Waals surface area contributed by atoms with Crippen LogP contribution in [0.15, 0.2) is 72.9 Å². The van der Waals surface area contributed by atoms with Crippen LogP contribution in [0.1, 0.15) is 34.1 Å². The highest BCUT2D eigenvalue weighted by molar-refractivity contribution is 6.23. The predicted octanol–water partition coefficient (Wildman–Crippen LogP) is 3.48. The predicted molar refractivity (Wildman–Crippen MR) is 100 cm³/mol. The van der Waals surface area contributed by atoms with E-state index >= 15 is 0 Å². The van der Waals surface area contributed by atoms with E-state index in [0.29, 0.717) is 5.82 Å². The minimum Gasteiger partial charge on any atom is -0.274 e. The molecule has 1 aromatic heterocycles. The molecule has 2 aromatic carbocycles. The van der Waals surface area contributed by atoms with Gasteiger partial charge < -0.3 is 0 Å². The van der Waals surface area contributed by atoms with E-state index in [1.54, 1.807) is 18.3 Å². The average Bonchev–Trinajstić information content (AvgIpc) is 3.00. The molecule has 27 heavy (non-hydrogen) atoms. The van der Waals surface area contributed by atoms with Crippen LogP contribution < -0.4 is 4.90 Å². The molecule has 3 aromatic rings. The van der Waals surface area contributed by atoms with Gasteiger partial charge in [0, 0.05) is 18.0 Å². The van der Waals surface area contributed by atoms with Gasteiger partial charge in [-0.05, 0) is 34.4 Å². The SMILES string of the molecule is O=C1[C@H]2C3c4ccccc4C(c4ccccc43)[C@@H]2C(=O)N1c1ccccn1. The molecule has 1 saturated heterocycles. The monoisotopic (exact) mass is 352 g/mol. The van der Waals surface area contributed by atoms with E-state index in [2.05, 4.69) is 29.2 Å². The van der Waals surface area contributed by atoms with Gasteiger partial charge in [0.1, 0.15) is 5.82 Å². The molecule has 130 valence electrons. The molecule has 7 rings (SSSR count). The quantitative estimate of drug-likeness (QED) is 0.630. The molecule has 4 nitrogen and oxygen atoms in total. The molecule has 2 bridgehead atoms. The summed E-state index contributed by atoms with van der Waals surface area (Å²) in [5.41, 5.74) is 4.75. The van der Waals surface area contributed by atoms with Crippen LogP contribution in [-0.2, 0) is 9.59 Å². The molecule has 1 fully saturated rings. The van der Waals surface area contributed by atoms with Crippen molar-refractivity contribution in [3.8, 4) is 0 Å². The highest BCUT2D eigenvalue weighted by Crippen LogP contribution is 2.61. The minimum atomic E-state index is -0.352. The molecule has 0 radical (unpaired) electrons. The zero-order chi connectivity index (χ0) is 18.1. The van der Waals surface area contributed by atoms with Crippen molar-refractivity contribution in [3.63, 3.8) is 0 Å². The first-order valence-corrected chi connectivity index (χ1v) is 9.24. The number of hydrogen-bond donors (Lipinski definition) is 0. The number of benzene rings is 2. The first kappa shape index (κ1) is 14.9. The van der Waals surface area contributed by atoms with Gasteiger partial charge in [-0.1, -0.05) is 54.6 Å². The lowest BCUT2D eigenvalue weighted by molar-refractivity contribution is -0.122. The standard InChI is InChI=1S/C23H16N2O2/c26-22-20-18-13-7-1-2-8-14(13)19(16-10-4-3-9-15(16)18)21(20)23(27)25(22)17-11-5-6-12-24-17/h1-12,18-21H/t18?,19?,20-,21-/m0/s1. The van der Waals surface area contributed by atoms with Crippen LogP contribution in [0.3, 0.4) is 0 Å². The Morgan fingerprint density at radius 3 is 1.48 bits per heavy atom. The third-order valence-electron chi connectivity index (χ3n) is 6.33. The van der Waals surface area contributed by atoms with Crippen LogP contribution in [-0.4, -0.2) is 16.8 Å². The Balaban J connectivity index is 1.60. The Hall–Kier alpha value is -3.27. The number of anilines is 1. The smallest absolute Gasteiger partial charge is 0.239 e. The van der Waals surface area contributed by atoms with Crippen LogP contribution in [0, 0.1) is 11.8 Å². The summed E-state index contributed by atoms with van der Waals surface area (Å²) in [4.78, 5) is 32.4. The molecule has 0 saturated carbocycles. The van der Waals surface area contributed by atoms with Crippen molar-refractivity contribution in [1.29, 1.82) is 0 Å². The summed E-state index contributed by atoms with van der Waals surface area (Å²) in [6.45, 7) is 0. The Morgan fingerprint density at radius 1 is 0.630 bits per heavy atom. The first-order chi connectivity index (χ1) is 13.3. The van der Waals surface area contributed by atoms with Crippen molar-refractivity contribution in [1.82, 2.24) is 4.98 Å². The van der Waals surface area contributed by atoms with E-state index in [1.165, 1.54) is 27.2 Å². The number of aromatic nitrogens is 1. The van der Waals surface area contributed by atoms with Gasteiger partial charge in [0.2, 0.25) is 11.8 Å². The van der Waals surface area contributed by atoms with E-state index in [4.69, 9.17) is 0 Å². The molecule has 3 aliphatic carbocycles. The normalized spacial score (nSPS) is 27.3. The summed E-state index contributed by atoms with van der Waals surface area (Å²) in [6, 6.07) is 21.9. The third-order valence-corrected chi connectivity index (χ3v) is 6.33. The Kier molecular flexibility index (Phi) is 2.82. The summed E-state index contributed by atoms with van der Waals surface area (Å²) in [7, 11) is 0. The zero-order valence-electron chi connectivity index (χ0n) is 14.4. The summed E-state index contributed by atoms with van der Waals surface area (Å²) < 4.78 is 0. The molecule has 4 heteroatoms. The van der Waals surface area contributed by atoms with Crippen molar-refractivity contribution >= 4 is 17.6 Å². The van der Waals surface area contributed by atoms with Gasteiger partial charge in [0.25, 0.3) is 0 Å². The lowest BCUT2D eigenvalue weighted by atomic mass is 9.55. The molecular weight excluding hydrogens is 336 g/mol. The summed E-state index contributed by atoms with van der Waals surface area (Å²) in [6.07, 6.45) is 1.62. The van der Waals surface area contributed by atoms with Crippen molar-refractivity contribution in [2.45, 2.75) is 11.8 Å². The Morgan fingerprint density at radius 2 is 1.07 bits per heavy atom. The fourth-order valence-corrected chi connectivity index (χ4v) is 5.39. The molecule has 0 spiro atoms. The van der Waals surface area contributed by atoms with Crippen LogP contribution >= 0.6 is 0 Å². The molecule has 0 unspecified atom stereocenters. The Labute approximate surface area is 156 Å². The topological polar surface area (TPSA) is 50.3 Å². The van der Waals surface area contributed by atoms with E-state index in [-0.39, 0.29) is 35.5 Å². The van der Waals surface area contributed by atoms with Crippen LogP contribution in [0.4, 0.5) is 5.82 Å². The lowest BCUT2D eigenvalue weighted by Crippen LogP contribution is -2.41. The largest absolute Gasteiger partial charge is 0.274 e. The summed E-state index contributed by atoms with van der Waals surface area (Å²) >= 11 is 0. The Bertz CT molecular complexity index is 993. The maximum absolute atomic E-state index is 13.4. The van der Waals surface area contributed by atoms with Gasteiger partial charge in [0.05, 0.1) is 11.8 Å². The minimum absolute atomic E-state index is 0.0717. The van der Waals surface area contributed by atoms with Crippen LogP contribution in [0.5, 0.6) is 0 Å². The number of pyridine rings is 1. The maximum atomic E-state index is 13.4. The fraction of sp³-hybridized carbons (Fsp3) is 0.174. The van der Waals surface area contributed by atoms with Gasteiger partial charge in [0.15, 0.2) is 0 Å². The fourth-order valence-electron chi connectivity index (χ4n) is 5.39. The second kappa shape index (κ2) is 5.13. The highest BCUT2D eigenvalue weighted by atomic mass is 16.2. The average molecular weight is 352 g/mol. The molecule has 2 atom stereocenters. The van der Waals surface area contributed by atoms with Crippen molar-refractivity contribution in [2.75, 3.05) is 4.90 Å². The van der Waals surface area contributed by atoms with E-state index in [9.17, 15) is 9.59 Å². The van der Waals surface area contributed by atoms with E-state index in [1.807, 2.05) is 30.3 Å². The second-order valence-electron chi connectivity index (χ2n) is 7.46. The third kappa shape index (κ3) is 1.75. The van der Waals surface area contributed by atoms with Crippen molar-refractivity contribution < 1.29 is 9.59 Å². The summed E-state index contributed by atoms with van der Waals surface area (Å²) in [5.74, 6) is -0.668. The molecular formula is C23H16N2O2. The van der Waals surface area contributed by atoms with E-state index in [0.717, 1.165) is 0 Å². The number of rotatable bonds is 1. The molecule has 2 heterocycles. The lowest BCUT2D eigenvalue weighted by Gasteiger charge is -2.45. The van der Waals surface area contributed by atoms with Gasteiger partial charge in [-0.25, -0.2) is 9.88 Å². The molecule has 0 N–H and O–H groups in total. The maximum Gasteiger partial charge on any atom is 0.239 e. The van der Waals surface area contributed by atoms with Gasteiger partial charge in [-0.3, -0.25) is 9.59 Å². The first-order valence-electron chi connectivity index (χ1n) is 9.24. The molecule has 1 aliphatic heterocycles. The van der Waals surface area contributed by atoms with Crippen LogP contribution in [0.2, 0.25) is 0 Å². The van der Waals surface area contributed by atoms with Gasteiger partial charge >= 0.3 is 0 Å². The number of carbonyl (C=O) groups is 2. The molecule has 4 aliphatic rings. The van der Waals surface area contributed by atoms with Crippen molar-refractivity contribution in [2.24, 2.45) is 11.8 Å². The number of imide groups is 1. The number of hydrogen-bond acceptors (Lipinski definition) is 3. The van der Waals surface area contributed by atoms with E-state index < -0.39 is 0 Å².